The highest BCUT2D eigenvalue weighted by molar-refractivity contribution is 5.18. The van der Waals surface area contributed by atoms with Gasteiger partial charge in [0.25, 0.3) is 0 Å². The number of nitrogens with one attached hydrogen (secondary N) is 1. The normalized spacial score (nSPS) is 16.1. The van der Waals surface area contributed by atoms with Gasteiger partial charge in [0.15, 0.2) is 0 Å². The Kier molecular flexibility index (Phi) is 5.20. The van der Waals surface area contributed by atoms with Crippen molar-refractivity contribution >= 4 is 0 Å². The van der Waals surface area contributed by atoms with Crippen LogP contribution in [-0.4, -0.2) is 24.0 Å². The molecule has 1 saturated heterocycles. The van der Waals surface area contributed by atoms with Crippen LogP contribution in [0.2, 0.25) is 0 Å². The van der Waals surface area contributed by atoms with Crippen LogP contribution in [-0.2, 0) is 13.1 Å². The molecule has 1 aliphatic heterocycles. The first-order chi connectivity index (χ1) is 10.8. The highest BCUT2D eigenvalue weighted by Gasteiger charge is 2.21. The Bertz CT molecular complexity index is 562. The number of rotatable bonds is 5. The first-order valence-electron chi connectivity index (χ1n) is 8.04. The van der Waals surface area contributed by atoms with Crippen molar-refractivity contribution in [1.29, 1.82) is 0 Å². The Hall–Kier alpha value is -1.71. The molecule has 1 fully saturated rings. The highest BCUT2D eigenvalue weighted by atomic mass is 19.1. The third kappa shape index (κ3) is 4.15. The predicted molar refractivity (Wildman–Crippen MR) is 88.0 cm³/mol. The van der Waals surface area contributed by atoms with Gasteiger partial charge in [0.05, 0.1) is 0 Å². The van der Waals surface area contributed by atoms with E-state index in [0.717, 1.165) is 26.2 Å². The Balaban J connectivity index is 1.74. The van der Waals surface area contributed by atoms with Crippen molar-refractivity contribution in [2.45, 2.75) is 32.0 Å². The number of piperidine rings is 1. The molecule has 3 rings (SSSR count). The zero-order chi connectivity index (χ0) is 15.2. The summed E-state index contributed by atoms with van der Waals surface area (Å²) in [4.78, 5) is 2.53. The van der Waals surface area contributed by atoms with Crippen LogP contribution in [0.1, 0.15) is 24.0 Å². The summed E-state index contributed by atoms with van der Waals surface area (Å²) in [6.45, 7) is 3.99. The smallest absolute Gasteiger partial charge is 0.123 e. The van der Waals surface area contributed by atoms with Crippen LogP contribution in [0.25, 0.3) is 0 Å². The number of hydrogen-bond acceptors (Lipinski definition) is 2. The van der Waals surface area contributed by atoms with Crippen LogP contribution in [0.5, 0.6) is 0 Å². The van der Waals surface area contributed by atoms with E-state index in [1.165, 1.54) is 24.0 Å². The maximum Gasteiger partial charge on any atom is 0.123 e. The minimum Gasteiger partial charge on any atom is -0.317 e. The van der Waals surface area contributed by atoms with Gasteiger partial charge in [-0.2, -0.15) is 0 Å². The average Bonchev–Trinajstić information content (AvgIpc) is 2.58. The molecule has 116 valence electrons. The number of benzene rings is 2. The van der Waals surface area contributed by atoms with Gasteiger partial charge < -0.3 is 5.32 Å². The van der Waals surface area contributed by atoms with Crippen molar-refractivity contribution < 1.29 is 4.39 Å². The fourth-order valence-electron chi connectivity index (χ4n) is 3.13. The van der Waals surface area contributed by atoms with Gasteiger partial charge in [-0.05, 0) is 49.2 Å². The number of hydrogen-bond donors (Lipinski definition) is 1. The van der Waals surface area contributed by atoms with Gasteiger partial charge in [-0.1, -0.05) is 42.5 Å². The van der Waals surface area contributed by atoms with Crippen molar-refractivity contribution in [2.75, 3.05) is 13.1 Å². The molecule has 0 spiro atoms. The Morgan fingerprint density at radius 3 is 2.09 bits per heavy atom. The molecule has 0 aliphatic carbocycles. The minimum absolute atomic E-state index is 0.166. The van der Waals surface area contributed by atoms with Crippen molar-refractivity contribution in [2.24, 2.45) is 0 Å². The summed E-state index contributed by atoms with van der Waals surface area (Å²) in [5.41, 5.74) is 2.51. The molecule has 1 aliphatic rings. The summed E-state index contributed by atoms with van der Waals surface area (Å²) in [5.74, 6) is -0.166. The monoisotopic (exact) mass is 298 g/mol. The van der Waals surface area contributed by atoms with Crippen molar-refractivity contribution in [3.8, 4) is 0 Å². The predicted octanol–water partition coefficient (Wildman–Crippen LogP) is 3.58. The van der Waals surface area contributed by atoms with E-state index >= 15 is 0 Å². The lowest BCUT2D eigenvalue weighted by atomic mass is 10.0. The summed E-state index contributed by atoms with van der Waals surface area (Å²) in [6, 6.07) is 18.1. The second kappa shape index (κ2) is 7.52. The Labute approximate surface area is 132 Å². The summed E-state index contributed by atoms with van der Waals surface area (Å²) >= 11 is 0. The van der Waals surface area contributed by atoms with E-state index in [-0.39, 0.29) is 5.82 Å². The molecule has 0 unspecified atom stereocenters. The summed E-state index contributed by atoms with van der Waals surface area (Å²) in [6.07, 6.45) is 2.35. The molecule has 0 saturated carbocycles. The molecule has 0 bridgehead atoms. The molecule has 0 amide bonds. The molecule has 22 heavy (non-hydrogen) atoms. The van der Waals surface area contributed by atoms with Gasteiger partial charge in [-0.25, -0.2) is 4.39 Å². The van der Waals surface area contributed by atoms with Crippen LogP contribution >= 0.6 is 0 Å². The van der Waals surface area contributed by atoms with Gasteiger partial charge in [0.2, 0.25) is 0 Å². The van der Waals surface area contributed by atoms with Crippen LogP contribution < -0.4 is 5.32 Å². The highest BCUT2D eigenvalue weighted by Crippen LogP contribution is 2.19. The largest absolute Gasteiger partial charge is 0.317 e. The lowest BCUT2D eigenvalue weighted by Gasteiger charge is -2.35. The standard InChI is InChI=1S/C19H23FN2/c20-18-8-6-17(7-9-18)15-22(19-10-12-21-13-11-19)14-16-4-2-1-3-5-16/h1-9,19,21H,10-15H2. The van der Waals surface area contributed by atoms with Gasteiger partial charge in [-0.15, -0.1) is 0 Å². The molecule has 0 radical (unpaired) electrons. The van der Waals surface area contributed by atoms with Crippen LogP contribution in [0.15, 0.2) is 54.6 Å². The van der Waals surface area contributed by atoms with Gasteiger partial charge in [0, 0.05) is 19.1 Å². The van der Waals surface area contributed by atoms with E-state index in [1.807, 2.05) is 12.1 Å². The molecule has 3 heteroatoms. The Morgan fingerprint density at radius 2 is 1.45 bits per heavy atom. The minimum atomic E-state index is -0.166. The second-order valence-electron chi connectivity index (χ2n) is 6.00. The summed E-state index contributed by atoms with van der Waals surface area (Å²) < 4.78 is 13.1. The quantitative estimate of drug-likeness (QED) is 0.907. The van der Waals surface area contributed by atoms with Crippen molar-refractivity contribution in [3.05, 3.63) is 71.5 Å². The van der Waals surface area contributed by atoms with Crippen molar-refractivity contribution in [3.63, 3.8) is 0 Å². The third-order valence-corrected chi connectivity index (χ3v) is 4.35. The molecule has 2 aromatic carbocycles. The summed E-state index contributed by atoms with van der Waals surface area (Å²) in [5, 5.41) is 3.43. The van der Waals surface area contributed by atoms with Crippen LogP contribution in [0.4, 0.5) is 4.39 Å². The third-order valence-electron chi connectivity index (χ3n) is 4.35. The van der Waals surface area contributed by atoms with Crippen molar-refractivity contribution in [1.82, 2.24) is 10.2 Å². The maximum absolute atomic E-state index is 13.1. The second-order valence-corrected chi connectivity index (χ2v) is 6.00. The van der Waals surface area contributed by atoms with E-state index < -0.39 is 0 Å². The SMILES string of the molecule is Fc1ccc(CN(Cc2ccccc2)C2CCNCC2)cc1. The fraction of sp³-hybridized carbons (Fsp3) is 0.368. The van der Waals surface area contributed by atoms with Crippen LogP contribution in [0.3, 0.4) is 0 Å². The zero-order valence-electron chi connectivity index (χ0n) is 12.8. The first kappa shape index (κ1) is 15.2. The number of halogens is 1. The molecule has 2 nitrogen and oxygen atoms in total. The average molecular weight is 298 g/mol. The van der Waals surface area contributed by atoms with E-state index in [2.05, 4.69) is 40.5 Å². The Morgan fingerprint density at radius 1 is 0.864 bits per heavy atom. The van der Waals surface area contributed by atoms with Gasteiger partial charge >= 0.3 is 0 Å². The first-order valence-corrected chi connectivity index (χ1v) is 8.04. The molecule has 0 atom stereocenters. The van der Waals surface area contributed by atoms with Gasteiger partial charge in [0.1, 0.15) is 5.82 Å². The zero-order valence-corrected chi connectivity index (χ0v) is 12.8. The number of nitrogens with zero attached hydrogens (tertiary/aromatic N) is 1. The molecular formula is C19H23FN2. The van der Waals surface area contributed by atoms with E-state index in [0.29, 0.717) is 6.04 Å². The molecule has 2 aromatic rings. The van der Waals surface area contributed by atoms with E-state index in [4.69, 9.17) is 0 Å². The molecule has 0 aromatic heterocycles. The van der Waals surface area contributed by atoms with Gasteiger partial charge in [-0.3, -0.25) is 4.90 Å². The molecule has 1 heterocycles. The molecule has 1 N–H and O–H groups in total. The van der Waals surface area contributed by atoms with E-state index in [1.54, 1.807) is 12.1 Å². The van der Waals surface area contributed by atoms with E-state index in [9.17, 15) is 4.39 Å². The fourth-order valence-corrected chi connectivity index (χ4v) is 3.13. The lowest BCUT2D eigenvalue weighted by Crippen LogP contribution is -2.42. The molecular weight excluding hydrogens is 275 g/mol. The topological polar surface area (TPSA) is 15.3 Å². The lowest BCUT2D eigenvalue weighted by molar-refractivity contribution is 0.145. The summed E-state index contributed by atoms with van der Waals surface area (Å²) in [7, 11) is 0. The maximum atomic E-state index is 13.1. The van der Waals surface area contributed by atoms with Crippen LogP contribution in [0, 0.1) is 5.82 Å².